The number of nitrogens with one attached hydrogen (secondary N) is 2. The molecule has 0 saturated carbocycles. The number of fused-ring (bicyclic) bond motifs is 1. The molecule has 0 bridgehead atoms. The molecule has 0 aliphatic rings. The SMILES string of the molecule is Cc1[nH]c2ccccc2c1NCCC(C)(C)CN. The van der Waals surface area contributed by atoms with Crippen LogP contribution in [0.5, 0.6) is 0 Å². The highest BCUT2D eigenvalue weighted by Gasteiger charge is 2.15. The molecule has 18 heavy (non-hydrogen) atoms. The standard InChI is InChI=1S/C15H23N3/c1-11-14(17-9-8-15(2,3)10-16)12-6-4-5-7-13(12)18-11/h4-7,17-18H,8-10,16H2,1-3H3. The van der Waals surface area contributed by atoms with E-state index < -0.39 is 0 Å². The van der Waals surface area contributed by atoms with Crippen LogP contribution in [0.3, 0.4) is 0 Å². The summed E-state index contributed by atoms with van der Waals surface area (Å²) in [6, 6.07) is 8.39. The summed E-state index contributed by atoms with van der Waals surface area (Å²) in [6.45, 7) is 8.19. The van der Waals surface area contributed by atoms with Gasteiger partial charge in [-0.2, -0.15) is 0 Å². The average molecular weight is 245 g/mol. The van der Waals surface area contributed by atoms with Crippen molar-refractivity contribution < 1.29 is 0 Å². The maximum absolute atomic E-state index is 5.75. The number of nitrogens with two attached hydrogens (primary N) is 1. The van der Waals surface area contributed by atoms with Crippen molar-refractivity contribution in [2.75, 3.05) is 18.4 Å². The van der Waals surface area contributed by atoms with Crippen LogP contribution in [0.2, 0.25) is 0 Å². The Bertz CT molecular complexity index is 526. The van der Waals surface area contributed by atoms with E-state index in [1.807, 2.05) is 0 Å². The summed E-state index contributed by atoms with van der Waals surface area (Å²) in [5.74, 6) is 0. The molecule has 98 valence electrons. The Balaban J connectivity index is 2.10. The lowest BCUT2D eigenvalue weighted by Gasteiger charge is -2.22. The van der Waals surface area contributed by atoms with Gasteiger partial charge < -0.3 is 16.0 Å². The van der Waals surface area contributed by atoms with Crippen LogP contribution in [-0.4, -0.2) is 18.1 Å². The second-order valence-electron chi connectivity index (χ2n) is 5.72. The predicted molar refractivity (Wildman–Crippen MR) is 79.0 cm³/mol. The highest BCUT2D eigenvalue weighted by atomic mass is 14.9. The van der Waals surface area contributed by atoms with Crippen LogP contribution in [0.1, 0.15) is 26.0 Å². The molecule has 0 spiro atoms. The van der Waals surface area contributed by atoms with Gasteiger partial charge >= 0.3 is 0 Å². The Kier molecular flexibility index (Phi) is 3.62. The normalized spacial score (nSPS) is 12.0. The third kappa shape index (κ3) is 2.67. The zero-order valence-electron chi connectivity index (χ0n) is 11.5. The molecular formula is C15H23N3. The number of aromatic nitrogens is 1. The van der Waals surface area contributed by atoms with Crippen molar-refractivity contribution in [1.82, 2.24) is 4.98 Å². The molecule has 3 nitrogen and oxygen atoms in total. The van der Waals surface area contributed by atoms with Crippen LogP contribution in [0.15, 0.2) is 24.3 Å². The number of hydrogen-bond donors (Lipinski definition) is 3. The Morgan fingerprint density at radius 2 is 2.00 bits per heavy atom. The van der Waals surface area contributed by atoms with Crippen LogP contribution in [-0.2, 0) is 0 Å². The third-order valence-corrected chi connectivity index (χ3v) is 3.55. The lowest BCUT2D eigenvalue weighted by molar-refractivity contribution is 0.358. The van der Waals surface area contributed by atoms with Crippen molar-refractivity contribution in [2.24, 2.45) is 11.1 Å². The smallest absolute Gasteiger partial charge is 0.0628 e. The summed E-state index contributed by atoms with van der Waals surface area (Å²) in [5, 5.41) is 4.80. The monoisotopic (exact) mass is 245 g/mol. The molecule has 2 aromatic rings. The first-order valence-corrected chi connectivity index (χ1v) is 6.55. The quantitative estimate of drug-likeness (QED) is 0.757. The van der Waals surface area contributed by atoms with Crippen LogP contribution >= 0.6 is 0 Å². The Hall–Kier alpha value is -1.48. The lowest BCUT2D eigenvalue weighted by atomic mass is 9.90. The van der Waals surface area contributed by atoms with Crippen LogP contribution in [0, 0.1) is 12.3 Å². The average Bonchev–Trinajstić information content (AvgIpc) is 2.66. The first-order valence-electron chi connectivity index (χ1n) is 6.55. The van der Waals surface area contributed by atoms with Gasteiger partial charge in [-0.3, -0.25) is 0 Å². The Morgan fingerprint density at radius 1 is 1.28 bits per heavy atom. The maximum Gasteiger partial charge on any atom is 0.0628 e. The first-order chi connectivity index (χ1) is 8.53. The summed E-state index contributed by atoms with van der Waals surface area (Å²) >= 11 is 0. The fourth-order valence-electron chi connectivity index (χ4n) is 2.13. The van der Waals surface area contributed by atoms with Gasteiger partial charge in [-0.15, -0.1) is 0 Å². The van der Waals surface area contributed by atoms with E-state index in [4.69, 9.17) is 5.73 Å². The van der Waals surface area contributed by atoms with Gasteiger partial charge in [-0.05, 0) is 31.4 Å². The number of H-pyrrole nitrogens is 1. The van der Waals surface area contributed by atoms with Gasteiger partial charge in [-0.25, -0.2) is 0 Å². The molecule has 0 unspecified atom stereocenters. The van der Waals surface area contributed by atoms with Crippen molar-refractivity contribution in [3.63, 3.8) is 0 Å². The van der Waals surface area contributed by atoms with Crippen molar-refractivity contribution in [3.05, 3.63) is 30.0 Å². The minimum absolute atomic E-state index is 0.201. The van der Waals surface area contributed by atoms with Gasteiger partial charge in [0.05, 0.1) is 5.69 Å². The molecule has 0 fully saturated rings. The number of aryl methyl sites for hydroxylation is 1. The van der Waals surface area contributed by atoms with E-state index in [0.717, 1.165) is 19.5 Å². The summed E-state index contributed by atoms with van der Waals surface area (Å²) in [5.41, 5.74) is 9.56. The van der Waals surface area contributed by atoms with Crippen LogP contribution in [0.4, 0.5) is 5.69 Å². The highest BCUT2D eigenvalue weighted by Crippen LogP contribution is 2.27. The van der Waals surface area contributed by atoms with Gasteiger partial charge in [0.15, 0.2) is 0 Å². The van der Waals surface area contributed by atoms with E-state index in [1.165, 1.54) is 22.3 Å². The maximum atomic E-state index is 5.75. The molecule has 0 amide bonds. The Labute approximate surface area is 109 Å². The molecule has 1 heterocycles. The molecule has 0 radical (unpaired) electrons. The molecule has 1 aromatic carbocycles. The molecule has 0 aliphatic carbocycles. The van der Waals surface area contributed by atoms with Gasteiger partial charge in [0.1, 0.15) is 0 Å². The minimum atomic E-state index is 0.201. The van der Waals surface area contributed by atoms with Crippen molar-refractivity contribution in [1.29, 1.82) is 0 Å². The second kappa shape index (κ2) is 5.02. The molecule has 3 heteroatoms. The molecule has 1 aromatic heterocycles. The van der Waals surface area contributed by atoms with Gasteiger partial charge in [0.25, 0.3) is 0 Å². The summed E-state index contributed by atoms with van der Waals surface area (Å²) < 4.78 is 0. The van der Waals surface area contributed by atoms with E-state index in [2.05, 4.69) is 55.3 Å². The van der Waals surface area contributed by atoms with E-state index in [-0.39, 0.29) is 5.41 Å². The fraction of sp³-hybridized carbons (Fsp3) is 0.467. The zero-order valence-corrected chi connectivity index (χ0v) is 11.5. The summed E-state index contributed by atoms with van der Waals surface area (Å²) in [6.07, 6.45) is 1.07. The van der Waals surface area contributed by atoms with Crippen LogP contribution < -0.4 is 11.1 Å². The van der Waals surface area contributed by atoms with Gasteiger partial charge in [0, 0.05) is 23.1 Å². The number of benzene rings is 1. The number of para-hydroxylation sites is 1. The van der Waals surface area contributed by atoms with Gasteiger partial charge in [0.2, 0.25) is 0 Å². The molecule has 2 rings (SSSR count). The number of aromatic amines is 1. The van der Waals surface area contributed by atoms with E-state index in [0.29, 0.717) is 0 Å². The minimum Gasteiger partial charge on any atom is -0.383 e. The third-order valence-electron chi connectivity index (χ3n) is 3.55. The second-order valence-corrected chi connectivity index (χ2v) is 5.72. The van der Waals surface area contributed by atoms with E-state index >= 15 is 0 Å². The highest BCUT2D eigenvalue weighted by molar-refractivity contribution is 5.94. The summed E-state index contributed by atoms with van der Waals surface area (Å²) in [4.78, 5) is 3.40. The molecule has 0 aliphatic heterocycles. The van der Waals surface area contributed by atoms with Crippen molar-refractivity contribution >= 4 is 16.6 Å². The van der Waals surface area contributed by atoms with Crippen molar-refractivity contribution in [3.8, 4) is 0 Å². The number of rotatable bonds is 5. The fourth-order valence-corrected chi connectivity index (χ4v) is 2.13. The first kappa shape index (κ1) is 13.0. The number of anilines is 1. The zero-order chi connectivity index (χ0) is 13.2. The molecule has 0 saturated heterocycles. The van der Waals surface area contributed by atoms with Gasteiger partial charge in [-0.1, -0.05) is 32.0 Å². The molecule has 4 N–H and O–H groups in total. The van der Waals surface area contributed by atoms with Crippen LogP contribution in [0.25, 0.3) is 10.9 Å². The lowest BCUT2D eigenvalue weighted by Crippen LogP contribution is -2.26. The predicted octanol–water partition coefficient (Wildman–Crippen LogP) is 3.26. The van der Waals surface area contributed by atoms with Crippen molar-refractivity contribution in [2.45, 2.75) is 27.2 Å². The van der Waals surface area contributed by atoms with E-state index in [1.54, 1.807) is 0 Å². The molecular weight excluding hydrogens is 222 g/mol. The Morgan fingerprint density at radius 3 is 2.72 bits per heavy atom. The number of hydrogen-bond acceptors (Lipinski definition) is 2. The molecule has 0 atom stereocenters. The largest absolute Gasteiger partial charge is 0.383 e. The summed E-state index contributed by atoms with van der Waals surface area (Å²) in [7, 11) is 0. The topological polar surface area (TPSA) is 53.8 Å². The van der Waals surface area contributed by atoms with E-state index in [9.17, 15) is 0 Å².